The quantitative estimate of drug-likeness (QED) is 0.759. The smallest absolute Gasteiger partial charge is 0.321 e. The van der Waals surface area contributed by atoms with Crippen molar-refractivity contribution in [1.82, 2.24) is 0 Å². The van der Waals surface area contributed by atoms with Crippen molar-refractivity contribution in [2.75, 3.05) is 0 Å². The van der Waals surface area contributed by atoms with Crippen LogP contribution in [0.4, 0.5) is 0 Å². The van der Waals surface area contributed by atoms with Crippen molar-refractivity contribution < 1.29 is 14.0 Å². The maximum Gasteiger partial charge on any atom is 0.359 e. The fourth-order valence-electron chi connectivity index (χ4n) is 2.82. The van der Waals surface area contributed by atoms with E-state index in [1.54, 1.807) is 19.9 Å². The van der Waals surface area contributed by atoms with Crippen molar-refractivity contribution in [2.45, 2.75) is 47.1 Å². The van der Waals surface area contributed by atoms with Crippen LogP contribution in [0.1, 0.15) is 40.2 Å². The summed E-state index contributed by atoms with van der Waals surface area (Å²) < 4.78 is 18.3. The summed E-state index contributed by atoms with van der Waals surface area (Å²) in [5, 5.41) is 0.379. The third kappa shape index (κ3) is 4.80. The maximum atomic E-state index is 12.9. The molecule has 0 aliphatic heterocycles. The van der Waals surface area contributed by atoms with E-state index in [1.165, 1.54) is 0 Å². The average molecular weight is 346 g/mol. The van der Waals surface area contributed by atoms with Gasteiger partial charge in [0.1, 0.15) is 0 Å². The van der Waals surface area contributed by atoms with Crippen LogP contribution in [-0.4, -0.2) is 11.0 Å². The standard InChI is InChI=1S/C20H27O3P/c1-15(2)23-24(21,22)18-13-9-12-17(14-20(3,4)5)19(18)16-10-7-6-8-11-16/h6-13,15H,14H2,1-5H3,(H,21,22). The summed E-state index contributed by atoms with van der Waals surface area (Å²) in [5.74, 6) is 0. The molecule has 0 radical (unpaired) electrons. The predicted molar refractivity (Wildman–Crippen MR) is 101 cm³/mol. The highest BCUT2D eigenvalue weighted by Crippen LogP contribution is 2.46. The lowest BCUT2D eigenvalue weighted by molar-refractivity contribution is 0.212. The fraction of sp³-hybridized carbons (Fsp3) is 0.400. The van der Waals surface area contributed by atoms with Crippen LogP contribution in [0, 0.1) is 5.41 Å². The lowest BCUT2D eigenvalue weighted by Crippen LogP contribution is -2.18. The Morgan fingerprint density at radius 3 is 2.21 bits per heavy atom. The van der Waals surface area contributed by atoms with Crippen LogP contribution in [0.5, 0.6) is 0 Å². The summed E-state index contributed by atoms with van der Waals surface area (Å²) >= 11 is 0. The van der Waals surface area contributed by atoms with Crippen molar-refractivity contribution >= 4 is 12.9 Å². The topological polar surface area (TPSA) is 46.5 Å². The molecule has 3 nitrogen and oxygen atoms in total. The van der Waals surface area contributed by atoms with Gasteiger partial charge in [0.2, 0.25) is 0 Å². The summed E-state index contributed by atoms with van der Waals surface area (Å²) in [4.78, 5) is 10.6. The first-order valence-corrected chi connectivity index (χ1v) is 9.87. The molecule has 2 rings (SSSR count). The van der Waals surface area contributed by atoms with Gasteiger partial charge in [-0.25, -0.2) is 0 Å². The molecule has 0 bridgehead atoms. The van der Waals surface area contributed by atoms with E-state index >= 15 is 0 Å². The Bertz CT molecular complexity index is 730. The molecule has 2 aromatic carbocycles. The third-order valence-corrected chi connectivity index (χ3v) is 5.26. The number of rotatable bonds is 5. The summed E-state index contributed by atoms with van der Waals surface area (Å²) in [6, 6.07) is 15.4. The van der Waals surface area contributed by atoms with Gasteiger partial charge < -0.3 is 9.42 Å². The molecule has 0 saturated heterocycles. The minimum Gasteiger partial charge on any atom is -0.321 e. The minimum absolute atomic E-state index is 0.0699. The number of hydrogen-bond acceptors (Lipinski definition) is 2. The monoisotopic (exact) mass is 346 g/mol. The van der Waals surface area contributed by atoms with Gasteiger partial charge in [-0.05, 0) is 42.9 Å². The Hall–Kier alpha value is -1.41. The van der Waals surface area contributed by atoms with E-state index in [1.807, 2.05) is 42.5 Å². The minimum atomic E-state index is -3.90. The first kappa shape index (κ1) is 18.9. The van der Waals surface area contributed by atoms with Gasteiger partial charge in [-0.2, -0.15) is 0 Å². The largest absolute Gasteiger partial charge is 0.359 e. The summed E-state index contributed by atoms with van der Waals surface area (Å²) in [5.41, 5.74) is 2.89. The number of benzene rings is 2. The van der Waals surface area contributed by atoms with Gasteiger partial charge >= 0.3 is 7.60 Å². The van der Waals surface area contributed by atoms with Crippen molar-refractivity contribution in [1.29, 1.82) is 0 Å². The predicted octanol–water partition coefficient (Wildman–Crippen LogP) is 5.18. The van der Waals surface area contributed by atoms with Gasteiger partial charge in [0.15, 0.2) is 0 Å². The fourth-order valence-corrected chi connectivity index (χ4v) is 4.34. The Labute approximate surface area is 145 Å². The number of hydrogen-bond donors (Lipinski definition) is 1. The van der Waals surface area contributed by atoms with Crippen molar-refractivity contribution in [3.8, 4) is 11.1 Å². The zero-order valence-electron chi connectivity index (χ0n) is 15.1. The molecule has 1 unspecified atom stereocenters. The summed E-state index contributed by atoms with van der Waals surface area (Å²) in [7, 11) is -3.90. The molecule has 1 atom stereocenters. The molecule has 0 aromatic heterocycles. The van der Waals surface area contributed by atoms with Crippen LogP contribution in [0.25, 0.3) is 11.1 Å². The lowest BCUT2D eigenvalue weighted by Gasteiger charge is -2.24. The first-order chi connectivity index (χ1) is 11.1. The molecule has 0 amide bonds. The molecule has 130 valence electrons. The van der Waals surface area contributed by atoms with Gasteiger partial charge in [0, 0.05) is 5.56 Å². The van der Waals surface area contributed by atoms with Crippen LogP contribution in [0.2, 0.25) is 0 Å². The highest BCUT2D eigenvalue weighted by molar-refractivity contribution is 7.61. The molecule has 0 saturated carbocycles. The molecule has 24 heavy (non-hydrogen) atoms. The van der Waals surface area contributed by atoms with Gasteiger partial charge in [-0.3, -0.25) is 4.57 Å². The SMILES string of the molecule is CC(C)OP(=O)(O)c1cccc(CC(C)(C)C)c1-c1ccccc1. The van der Waals surface area contributed by atoms with E-state index in [4.69, 9.17) is 4.52 Å². The van der Waals surface area contributed by atoms with E-state index < -0.39 is 7.60 Å². The van der Waals surface area contributed by atoms with Gasteiger partial charge in [0.05, 0.1) is 11.4 Å². The zero-order valence-corrected chi connectivity index (χ0v) is 16.0. The third-order valence-electron chi connectivity index (χ3n) is 3.57. The second kappa shape index (κ2) is 7.23. The van der Waals surface area contributed by atoms with Crippen LogP contribution < -0.4 is 5.30 Å². The molecule has 1 N–H and O–H groups in total. The average Bonchev–Trinajstić information content (AvgIpc) is 2.45. The molecule has 0 aliphatic rings. The Kier molecular flexibility index (Phi) is 5.70. The Morgan fingerprint density at radius 2 is 1.67 bits per heavy atom. The van der Waals surface area contributed by atoms with E-state index in [2.05, 4.69) is 20.8 Å². The molecule has 0 aliphatic carbocycles. The second-order valence-electron chi connectivity index (χ2n) is 7.59. The van der Waals surface area contributed by atoms with Gasteiger partial charge in [-0.15, -0.1) is 0 Å². The lowest BCUT2D eigenvalue weighted by atomic mass is 9.85. The molecule has 0 fully saturated rings. The highest BCUT2D eigenvalue weighted by atomic mass is 31.2. The molecular weight excluding hydrogens is 319 g/mol. The molecule has 0 spiro atoms. The van der Waals surface area contributed by atoms with E-state index in [0.717, 1.165) is 23.1 Å². The van der Waals surface area contributed by atoms with E-state index in [0.29, 0.717) is 5.30 Å². The first-order valence-electron chi connectivity index (χ1n) is 8.29. The van der Waals surface area contributed by atoms with Crippen LogP contribution in [-0.2, 0) is 15.5 Å². The van der Waals surface area contributed by atoms with E-state index in [-0.39, 0.29) is 11.5 Å². The normalized spacial score (nSPS) is 14.6. The Balaban J connectivity index is 2.67. The summed E-state index contributed by atoms with van der Waals surface area (Å²) in [6.07, 6.45) is 0.489. The zero-order chi connectivity index (χ0) is 18.0. The van der Waals surface area contributed by atoms with Gasteiger partial charge in [-0.1, -0.05) is 63.2 Å². The van der Waals surface area contributed by atoms with E-state index in [9.17, 15) is 9.46 Å². The second-order valence-corrected chi connectivity index (χ2v) is 9.32. The van der Waals surface area contributed by atoms with Crippen LogP contribution in [0.3, 0.4) is 0 Å². The van der Waals surface area contributed by atoms with Gasteiger partial charge in [0.25, 0.3) is 0 Å². The maximum absolute atomic E-state index is 12.9. The molecule has 0 heterocycles. The Morgan fingerprint density at radius 1 is 1.04 bits per heavy atom. The highest BCUT2D eigenvalue weighted by Gasteiger charge is 2.30. The molecule has 2 aromatic rings. The van der Waals surface area contributed by atoms with Crippen molar-refractivity contribution in [3.63, 3.8) is 0 Å². The van der Waals surface area contributed by atoms with Crippen molar-refractivity contribution in [2.24, 2.45) is 5.41 Å². The summed E-state index contributed by atoms with van der Waals surface area (Å²) in [6.45, 7) is 10.0. The molecule has 4 heteroatoms. The van der Waals surface area contributed by atoms with Crippen LogP contribution >= 0.6 is 7.60 Å². The van der Waals surface area contributed by atoms with Crippen molar-refractivity contribution in [3.05, 3.63) is 54.1 Å². The molecular formula is C20H27O3P. The van der Waals surface area contributed by atoms with Crippen LogP contribution in [0.15, 0.2) is 48.5 Å².